The fraction of sp³-hybridized carbons (Fsp3) is 0.261. The maximum atomic E-state index is 12.6. The summed E-state index contributed by atoms with van der Waals surface area (Å²) in [5, 5.41) is 12.0. The van der Waals surface area contributed by atoms with E-state index in [-0.39, 0.29) is 11.2 Å². The average molecular weight is 423 g/mol. The monoisotopic (exact) mass is 422 g/mol. The van der Waals surface area contributed by atoms with Gasteiger partial charge in [0, 0.05) is 13.1 Å². The van der Waals surface area contributed by atoms with E-state index in [2.05, 4.69) is 22.1 Å². The van der Waals surface area contributed by atoms with Crippen LogP contribution in [-0.4, -0.2) is 33.0 Å². The summed E-state index contributed by atoms with van der Waals surface area (Å²) in [6.07, 6.45) is 1.79. The number of rotatable bonds is 9. The predicted molar refractivity (Wildman–Crippen MR) is 121 cm³/mol. The van der Waals surface area contributed by atoms with E-state index < -0.39 is 0 Å². The molecule has 1 N–H and O–H groups in total. The first-order valence-corrected chi connectivity index (χ1v) is 10.6. The van der Waals surface area contributed by atoms with Crippen LogP contribution in [0.1, 0.15) is 18.1 Å². The molecule has 6 nitrogen and oxygen atoms in total. The molecule has 2 aromatic carbocycles. The topological polar surface area (TPSA) is 69.0 Å². The van der Waals surface area contributed by atoms with E-state index in [9.17, 15) is 4.79 Å². The van der Waals surface area contributed by atoms with Gasteiger partial charge >= 0.3 is 0 Å². The van der Waals surface area contributed by atoms with Gasteiger partial charge in [-0.2, -0.15) is 0 Å². The Balaban J connectivity index is 1.73. The normalized spacial score (nSPS) is 11.7. The third-order valence-electron chi connectivity index (χ3n) is 4.62. The Morgan fingerprint density at radius 2 is 1.97 bits per heavy atom. The third-order valence-corrected chi connectivity index (χ3v) is 5.70. The minimum absolute atomic E-state index is 0.0485. The molecule has 0 bridgehead atoms. The Morgan fingerprint density at radius 3 is 2.67 bits per heavy atom. The highest BCUT2D eigenvalue weighted by Gasteiger charge is 2.21. The van der Waals surface area contributed by atoms with Gasteiger partial charge in [-0.15, -0.1) is 16.8 Å². The Hall–Kier alpha value is -3.06. The van der Waals surface area contributed by atoms with Gasteiger partial charge in [-0.05, 0) is 31.5 Å². The molecule has 3 aromatic rings. The smallest absolute Gasteiger partial charge is 0.233 e. The standard InChI is InChI=1S/C23H26N4O2S/c1-5-14-27-21(19-8-6-7-9-20(19)29-4)25-26-23(27)30-17(3)22(28)24-15-18-12-10-16(2)11-13-18/h5-13,17H,1,14-15H2,2-4H3,(H,24,28)/t17-/m0/s1. The first kappa shape index (κ1) is 21.6. The number of nitrogens with one attached hydrogen (secondary N) is 1. The minimum Gasteiger partial charge on any atom is -0.496 e. The van der Waals surface area contributed by atoms with E-state index in [0.29, 0.717) is 24.1 Å². The van der Waals surface area contributed by atoms with Crippen LogP contribution < -0.4 is 10.1 Å². The SMILES string of the molecule is C=CCn1c(S[C@@H](C)C(=O)NCc2ccc(C)cc2)nnc1-c1ccccc1OC. The second-order valence-corrected chi connectivity index (χ2v) is 8.18. The first-order valence-electron chi connectivity index (χ1n) is 9.71. The third kappa shape index (κ3) is 5.10. The number of aromatic nitrogens is 3. The van der Waals surface area contributed by atoms with Gasteiger partial charge in [0.2, 0.25) is 5.91 Å². The molecule has 1 aromatic heterocycles. The lowest BCUT2D eigenvalue weighted by atomic mass is 10.1. The largest absolute Gasteiger partial charge is 0.496 e. The van der Waals surface area contributed by atoms with Gasteiger partial charge in [-0.3, -0.25) is 9.36 Å². The van der Waals surface area contributed by atoms with E-state index in [1.807, 2.05) is 66.9 Å². The Morgan fingerprint density at radius 1 is 1.23 bits per heavy atom. The molecule has 0 aliphatic heterocycles. The van der Waals surface area contributed by atoms with E-state index in [1.165, 1.54) is 17.3 Å². The van der Waals surface area contributed by atoms with Crippen LogP contribution in [0.25, 0.3) is 11.4 Å². The molecule has 0 saturated carbocycles. The molecule has 0 radical (unpaired) electrons. The predicted octanol–water partition coefficient (Wildman–Crippen LogP) is 4.25. The van der Waals surface area contributed by atoms with Gasteiger partial charge in [0.05, 0.1) is 17.9 Å². The molecule has 0 fully saturated rings. The van der Waals surface area contributed by atoms with E-state index >= 15 is 0 Å². The Bertz CT molecular complexity index is 1010. The lowest BCUT2D eigenvalue weighted by Crippen LogP contribution is -2.30. The van der Waals surface area contributed by atoms with Crippen molar-refractivity contribution < 1.29 is 9.53 Å². The highest BCUT2D eigenvalue weighted by Crippen LogP contribution is 2.32. The Labute approximate surface area is 181 Å². The van der Waals surface area contributed by atoms with Crippen molar-refractivity contribution in [2.24, 2.45) is 0 Å². The lowest BCUT2D eigenvalue weighted by molar-refractivity contribution is -0.120. The molecule has 0 unspecified atom stereocenters. The summed E-state index contributed by atoms with van der Waals surface area (Å²) in [5.41, 5.74) is 3.11. The van der Waals surface area contributed by atoms with Crippen molar-refractivity contribution in [3.63, 3.8) is 0 Å². The van der Waals surface area contributed by atoms with Crippen molar-refractivity contribution in [3.8, 4) is 17.1 Å². The molecule has 1 amide bonds. The molecule has 1 atom stereocenters. The summed E-state index contributed by atoms with van der Waals surface area (Å²) in [4.78, 5) is 12.6. The van der Waals surface area contributed by atoms with Gasteiger partial charge in [0.15, 0.2) is 11.0 Å². The van der Waals surface area contributed by atoms with Crippen LogP contribution in [0, 0.1) is 6.92 Å². The number of amides is 1. The number of benzene rings is 2. The number of ether oxygens (including phenoxy) is 1. The van der Waals surface area contributed by atoms with Gasteiger partial charge in [-0.1, -0.05) is 59.8 Å². The van der Waals surface area contributed by atoms with Crippen molar-refractivity contribution >= 4 is 17.7 Å². The molecule has 0 aliphatic rings. The van der Waals surface area contributed by atoms with E-state index in [1.54, 1.807) is 13.2 Å². The van der Waals surface area contributed by atoms with Gasteiger partial charge in [0.1, 0.15) is 5.75 Å². The summed E-state index contributed by atoms with van der Waals surface area (Å²) in [6, 6.07) is 15.8. The zero-order valence-electron chi connectivity index (χ0n) is 17.5. The molecule has 1 heterocycles. The van der Waals surface area contributed by atoms with Crippen LogP contribution in [0.3, 0.4) is 0 Å². The number of hydrogen-bond acceptors (Lipinski definition) is 5. The molecule has 7 heteroatoms. The summed E-state index contributed by atoms with van der Waals surface area (Å²) >= 11 is 1.37. The van der Waals surface area contributed by atoms with Crippen LogP contribution in [0.2, 0.25) is 0 Å². The fourth-order valence-corrected chi connectivity index (χ4v) is 3.83. The number of nitrogens with zero attached hydrogens (tertiary/aromatic N) is 3. The van der Waals surface area contributed by atoms with Crippen molar-refractivity contribution in [2.45, 2.75) is 37.3 Å². The van der Waals surface area contributed by atoms with Crippen LogP contribution in [0.5, 0.6) is 5.75 Å². The average Bonchev–Trinajstić information content (AvgIpc) is 3.15. The number of carbonyl (C=O) groups excluding carboxylic acids is 1. The number of methoxy groups -OCH3 is 1. The van der Waals surface area contributed by atoms with Gasteiger partial charge in [0.25, 0.3) is 0 Å². The fourth-order valence-electron chi connectivity index (χ4n) is 2.95. The quantitative estimate of drug-likeness (QED) is 0.412. The molecular formula is C23H26N4O2S. The van der Waals surface area contributed by atoms with E-state index in [4.69, 9.17) is 4.74 Å². The zero-order chi connectivity index (χ0) is 21.5. The second kappa shape index (κ2) is 10.1. The van der Waals surface area contributed by atoms with Crippen LogP contribution in [-0.2, 0) is 17.9 Å². The number of thioether (sulfide) groups is 1. The molecule has 0 spiro atoms. The van der Waals surface area contributed by atoms with Crippen molar-refractivity contribution in [1.82, 2.24) is 20.1 Å². The minimum atomic E-state index is -0.325. The summed E-state index contributed by atoms with van der Waals surface area (Å²) in [7, 11) is 1.63. The summed E-state index contributed by atoms with van der Waals surface area (Å²) in [6.45, 7) is 8.77. The maximum Gasteiger partial charge on any atom is 0.233 e. The number of allylic oxidation sites excluding steroid dienone is 1. The number of carbonyl (C=O) groups is 1. The van der Waals surface area contributed by atoms with Crippen molar-refractivity contribution in [3.05, 3.63) is 72.3 Å². The molecule has 30 heavy (non-hydrogen) atoms. The number of aryl methyl sites for hydroxylation is 1. The van der Waals surface area contributed by atoms with Crippen LogP contribution >= 0.6 is 11.8 Å². The van der Waals surface area contributed by atoms with Crippen LogP contribution in [0.4, 0.5) is 0 Å². The second-order valence-electron chi connectivity index (χ2n) is 6.87. The Kier molecular flexibility index (Phi) is 7.30. The molecule has 156 valence electrons. The zero-order valence-corrected chi connectivity index (χ0v) is 18.3. The summed E-state index contributed by atoms with van der Waals surface area (Å²) in [5.74, 6) is 1.35. The van der Waals surface area contributed by atoms with E-state index in [0.717, 1.165) is 16.9 Å². The van der Waals surface area contributed by atoms with Gasteiger partial charge in [-0.25, -0.2) is 0 Å². The molecule has 0 aliphatic carbocycles. The lowest BCUT2D eigenvalue weighted by Gasteiger charge is -2.14. The summed E-state index contributed by atoms with van der Waals surface area (Å²) < 4.78 is 7.41. The van der Waals surface area contributed by atoms with Gasteiger partial charge < -0.3 is 10.1 Å². The molecule has 3 rings (SSSR count). The van der Waals surface area contributed by atoms with Crippen LogP contribution in [0.15, 0.2) is 66.3 Å². The highest BCUT2D eigenvalue weighted by molar-refractivity contribution is 8.00. The molecular weight excluding hydrogens is 396 g/mol. The molecule has 0 saturated heterocycles. The highest BCUT2D eigenvalue weighted by atomic mass is 32.2. The number of para-hydroxylation sites is 1. The first-order chi connectivity index (χ1) is 14.5. The number of hydrogen-bond donors (Lipinski definition) is 1. The van der Waals surface area contributed by atoms with Crippen molar-refractivity contribution in [2.75, 3.05) is 7.11 Å². The maximum absolute atomic E-state index is 12.6. The van der Waals surface area contributed by atoms with Crippen molar-refractivity contribution in [1.29, 1.82) is 0 Å².